The highest BCUT2D eigenvalue weighted by molar-refractivity contribution is 5.96. The molecule has 2 aromatic carbocycles. The van der Waals surface area contributed by atoms with Crippen molar-refractivity contribution in [3.8, 4) is 28.6 Å². The SMILES string of the molecule is CC(=O)c1nc(-c2ccc(OCC(O)CNCCOc3ccc(O)c(C(N)=O)c3)cc2)n(C)c1C. The van der Waals surface area contributed by atoms with E-state index in [1.54, 1.807) is 12.1 Å². The fraction of sp³-hybridized carbons (Fsp3) is 0.320. The number of aliphatic hydroxyl groups excluding tert-OH is 1. The van der Waals surface area contributed by atoms with Crippen molar-refractivity contribution >= 4 is 11.7 Å². The van der Waals surface area contributed by atoms with Gasteiger partial charge in [-0.05, 0) is 49.4 Å². The largest absolute Gasteiger partial charge is 0.507 e. The molecule has 5 N–H and O–H groups in total. The molecule has 0 saturated carbocycles. The van der Waals surface area contributed by atoms with Gasteiger partial charge in [-0.15, -0.1) is 0 Å². The number of carbonyl (C=O) groups excluding carboxylic acids is 2. The predicted octanol–water partition coefficient (Wildman–Crippen LogP) is 1.81. The number of aromatic hydroxyl groups is 1. The molecule has 0 bridgehead atoms. The van der Waals surface area contributed by atoms with Crippen LogP contribution in [0.15, 0.2) is 42.5 Å². The number of rotatable bonds is 12. The molecule has 0 radical (unpaired) electrons. The van der Waals surface area contributed by atoms with Gasteiger partial charge in [0, 0.05) is 38.3 Å². The van der Waals surface area contributed by atoms with Gasteiger partial charge < -0.3 is 35.3 Å². The van der Waals surface area contributed by atoms with Gasteiger partial charge in [-0.2, -0.15) is 0 Å². The number of nitrogens with one attached hydrogen (secondary N) is 1. The van der Waals surface area contributed by atoms with Gasteiger partial charge in [0.1, 0.15) is 48.1 Å². The molecule has 0 fully saturated rings. The van der Waals surface area contributed by atoms with Crippen molar-refractivity contribution < 1.29 is 29.3 Å². The number of phenols is 1. The lowest BCUT2D eigenvalue weighted by Crippen LogP contribution is -2.33. The van der Waals surface area contributed by atoms with E-state index >= 15 is 0 Å². The van der Waals surface area contributed by atoms with E-state index in [1.165, 1.54) is 25.1 Å². The second kappa shape index (κ2) is 11.5. The van der Waals surface area contributed by atoms with Crippen LogP contribution in [0, 0.1) is 6.92 Å². The Bertz CT molecular complexity index is 1190. The number of aromatic nitrogens is 2. The van der Waals surface area contributed by atoms with Gasteiger partial charge in [0.25, 0.3) is 5.91 Å². The summed E-state index contributed by atoms with van der Waals surface area (Å²) in [5, 5.41) is 22.8. The van der Waals surface area contributed by atoms with Crippen LogP contribution < -0.4 is 20.5 Å². The molecule has 10 nitrogen and oxygen atoms in total. The van der Waals surface area contributed by atoms with Gasteiger partial charge in [-0.25, -0.2) is 4.98 Å². The first kappa shape index (κ1) is 25.7. The minimum atomic E-state index is -0.738. The van der Waals surface area contributed by atoms with Crippen molar-refractivity contribution in [3.05, 3.63) is 59.4 Å². The van der Waals surface area contributed by atoms with E-state index in [-0.39, 0.29) is 30.3 Å². The lowest BCUT2D eigenvalue weighted by Gasteiger charge is -2.14. The number of primary amides is 1. The number of imidazole rings is 1. The van der Waals surface area contributed by atoms with Gasteiger partial charge in [-0.3, -0.25) is 9.59 Å². The van der Waals surface area contributed by atoms with Gasteiger partial charge in [-0.1, -0.05) is 0 Å². The summed E-state index contributed by atoms with van der Waals surface area (Å²) < 4.78 is 13.1. The van der Waals surface area contributed by atoms with Gasteiger partial charge in [0.2, 0.25) is 0 Å². The van der Waals surface area contributed by atoms with Crippen LogP contribution in [0.3, 0.4) is 0 Å². The first-order valence-corrected chi connectivity index (χ1v) is 11.1. The first-order valence-electron chi connectivity index (χ1n) is 11.1. The fourth-order valence-corrected chi connectivity index (χ4v) is 3.43. The van der Waals surface area contributed by atoms with Gasteiger partial charge in [0.15, 0.2) is 5.78 Å². The summed E-state index contributed by atoms with van der Waals surface area (Å²) in [5.41, 5.74) is 7.32. The van der Waals surface area contributed by atoms with Crippen LogP contribution in [-0.4, -0.2) is 63.9 Å². The zero-order valence-electron chi connectivity index (χ0n) is 19.9. The molecule has 0 aliphatic carbocycles. The summed E-state index contributed by atoms with van der Waals surface area (Å²) in [7, 11) is 1.87. The number of ketones is 1. The smallest absolute Gasteiger partial charge is 0.252 e. The third-order valence-corrected chi connectivity index (χ3v) is 5.43. The molecule has 1 aromatic heterocycles. The maximum Gasteiger partial charge on any atom is 0.252 e. The summed E-state index contributed by atoms with van der Waals surface area (Å²) in [6, 6.07) is 11.6. The van der Waals surface area contributed by atoms with Crippen LogP contribution in [0.5, 0.6) is 17.2 Å². The number of benzene rings is 2. The van der Waals surface area contributed by atoms with Crippen LogP contribution in [0.1, 0.15) is 33.5 Å². The van der Waals surface area contributed by atoms with E-state index in [1.807, 2.05) is 30.7 Å². The average molecular weight is 483 g/mol. The third-order valence-electron chi connectivity index (χ3n) is 5.43. The molecule has 0 aliphatic rings. The zero-order valence-corrected chi connectivity index (χ0v) is 19.9. The Labute approximate surface area is 203 Å². The number of carbonyl (C=O) groups is 2. The monoisotopic (exact) mass is 482 g/mol. The number of aliphatic hydroxyl groups is 1. The first-order chi connectivity index (χ1) is 16.7. The van der Waals surface area contributed by atoms with Crippen molar-refractivity contribution in [1.29, 1.82) is 0 Å². The van der Waals surface area contributed by atoms with E-state index in [0.717, 1.165) is 11.3 Å². The highest BCUT2D eigenvalue weighted by Crippen LogP contribution is 2.24. The van der Waals surface area contributed by atoms with E-state index in [4.69, 9.17) is 15.2 Å². The number of hydrogen-bond donors (Lipinski definition) is 4. The number of nitrogens with two attached hydrogens (primary N) is 1. The second-order valence-electron chi connectivity index (χ2n) is 8.07. The van der Waals surface area contributed by atoms with Gasteiger partial charge >= 0.3 is 0 Å². The maximum atomic E-state index is 11.7. The molecule has 3 aromatic rings. The molecule has 0 aliphatic heterocycles. The molecule has 1 unspecified atom stereocenters. The Hall–Kier alpha value is -3.89. The van der Waals surface area contributed by atoms with Gasteiger partial charge in [0.05, 0.1) is 5.56 Å². The van der Waals surface area contributed by atoms with Crippen LogP contribution in [0.25, 0.3) is 11.4 Å². The van der Waals surface area contributed by atoms with E-state index in [0.29, 0.717) is 36.1 Å². The standard InChI is InChI=1S/C25H30N4O6/c1-15-23(16(2)30)28-25(29(15)3)17-4-6-19(7-5-17)35-14-18(31)13-27-10-11-34-20-8-9-22(32)21(12-20)24(26)33/h4-9,12,18,27,31-32H,10-11,13-14H2,1-3H3,(H2,26,33). The highest BCUT2D eigenvalue weighted by atomic mass is 16.5. The molecule has 186 valence electrons. The Morgan fingerprint density at radius 1 is 1.14 bits per heavy atom. The molecule has 1 atom stereocenters. The number of hydrogen-bond acceptors (Lipinski definition) is 8. The number of Topliss-reactive ketones (excluding diaryl/α,β-unsaturated/α-hetero) is 1. The van der Waals surface area contributed by atoms with Crippen LogP contribution in [0.2, 0.25) is 0 Å². The zero-order chi connectivity index (χ0) is 25.5. The summed E-state index contributed by atoms with van der Waals surface area (Å²) in [5.74, 6) is 0.697. The molecule has 1 amide bonds. The lowest BCUT2D eigenvalue weighted by molar-refractivity contribution is 0.0992. The van der Waals surface area contributed by atoms with Crippen LogP contribution >= 0.6 is 0 Å². The molecular weight excluding hydrogens is 452 g/mol. The van der Waals surface area contributed by atoms with Crippen molar-refractivity contribution in [2.75, 3.05) is 26.3 Å². The Morgan fingerprint density at radius 2 is 1.83 bits per heavy atom. The molecule has 0 spiro atoms. The summed E-state index contributed by atoms with van der Waals surface area (Å²) in [6.07, 6.45) is -0.736. The summed E-state index contributed by atoms with van der Waals surface area (Å²) in [4.78, 5) is 27.4. The topological polar surface area (TPSA) is 149 Å². The number of nitrogens with zero attached hydrogens (tertiary/aromatic N) is 2. The molecule has 0 saturated heterocycles. The molecular formula is C25H30N4O6. The minimum absolute atomic E-state index is 0.00749. The Balaban J connectivity index is 1.41. The molecule has 10 heteroatoms. The Kier molecular flexibility index (Phi) is 8.45. The van der Waals surface area contributed by atoms with Crippen LogP contribution in [0.4, 0.5) is 0 Å². The van der Waals surface area contributed by atoms with Crippen molar-refractivity contribution in [1.82, 2.24) is 14.9 Å². The predicted molar refractivity (Wildman–Crippen MR) is 130 cm³/mol. The third kappa shape index (κ3) is 6.58. The van der Waals surface area contributed by atoms with Crippen molar-refractivity contribution in [3.63, 3.8) is 0 Å². The van der Waals surface area contributed by atoms with E-state index in [2.05, 4.69) is 10.3 Å². The maximum absolute atomic E-state index is 11.7. The summed E-state index contributed by atoms with van der Waals surface area (Å²) in [6.45, 7) is 4.49. The normalized spacial score (nSPS) is 11.8. The number of ether oxygens (including phenoxy) is 2. The van der Waals surface area contributed by atoms with Crippen molar-refractivity contribution in [2.24, 2.45) is 12.8 Å². The molecule has 3 rings (SSSR count). The highest BCUT2D eigenvalue weighted by Gasteiger charge is 2.16. The fourth-order valence-electron chi connectivity index (χ4n) is 3.43. The minimum Gasteiger partial charge on any atom is -0.507 e. The van der Waals surface area contributed by atoms with E-state index in [9.17, 15) is 19.8 Å². The quantitative estimate of drug-likeness (QED) is 0.226. The number of amides is 1. The molecule has 1 heterocycles. The average Bonchev–Trinajstić information content (AvgIpc) is 3.13. The lowest BCUT2D eigenvalue weighted by atomic mass is 10.2. The van der Waals surface area contributed by atoms with E-state index < -0.39 is 12.0 Å². The second-order valence-corrected chi connectivity index (χ2v) is 8.07. The summed E-state index contributed by atoms with van der Waals surface area (Å²) >= 11 is 0. The molecule has 35 heavy (non-hydrogen) atoms. The van der Waals surface area contributed by atoms with Crippen LogP contribution in [-0.2, 0) is 7.05 Å². The Morgan fingerprint density at radius 3 is 2.46 bits per heavy atom. The van der Waals surface area contributed by atoms with Crippen molar-refractivity contribution in [2.45, 2.75) is 20.0 Å².